The maximum absolute atomic E-state index is 6.89. The summed E-state index contributed by atoms with van der Waals surface area (Å²) in [5, 5.41) is 6.76. The van der Waals surface area contributed by atoms with Crippen LogP contribution in [0.3, 0.4) is 0 Å². The maximum atomic E-state index is 6.89. The number of fused-ring (bicyclic) bond motifs is 7. The molecule has 0 saturated heterocycles. The summed E-state index contributed by atoms with van der Waals surface area (Å²) < 4.78 is 9.25. The predicted octanol–water partition coefficient (Wildman–Crippen LogP) is 12.7. The number of rotatable bonds is 5. The molecule has 3 aromatic heterocycles. The molecule has 0 saturated carbocycles. The predicted molar refractivity (Wildman–Crippen MR) is 221 cm³/mol. The number of hydrogen-bond donors (Lipinski definition) is 0. The number of para-hydroxylation sites is 1. The van der Waals surface area contributed by atoms with Gasteiger partial charge in [-0.3, -0.25) is 0 Å². The Morgan fingerprint density at radius 2 is 0.981 bits per heavy atom. The van der Waals surface area contributed by atoms with Crippen molar-refractivity contribution >= 4 is 54.5 Å². The standard InChI is InChI=1S/C49H30N4O/c1-4-14-31(15-5-1)36-26-27-41-39(29-36)40-28-34-20-10-11-21-35(34)30-43(40)53(41)42-24-12-22-37-45-38(23-13-25-44(45)54-46(37)42)49-51-47(32-16-6-2-7-17-32)50-48(52-49)33-18-8-3-9-19-33/h1-30H. The topological polar surface area (TPSA) is 56.7 Å². The summed E-state index contributed by atoms with van der Waals surface area (Å²) in [5.41, 5.74) is 9.92. The summed E-state index contributed by atoms with van der Waals surface area (Å²) in [4.78, 5) is 15.1. The molecule has 0 N–H and O–H groups in total. The zero-order valence-electron chi connectivity index (χ0n) is 29.0. The van der Waals surface area contributed by atoms with Crippen molar-refractivity contribution in [2.24, 2.45) is 0 Å². The van der Waals surface area contributed by atoms with Gasteiger partial charge in [-0.1, -0.05) is 146 Å². The third kappa shape index (κ3) is 4.83. The molecular weight excluding hydrogens is 661 g/mol. The minimum Gasteiger partial charge on any atom is -0.454 e. The molecule has 54 heavy (non-hydrogen) atoms. The highest BCUT2D eigenvalue weighted by Crippen LogP contribution is 2.42. The Bertz CT molecular complexity index is 3140. The number of aromatic nitrogens is 4. The smallest absolute Gasteiger partial charge is 0.164 e. The Labute approximate surface area is 310 Å². The second kappa shape index (κ2) is 12.1. The molecule has 0 atom stereocenters. The van der Waals surface area contributed by atoms with E-state index in [-0.39, 0.29) is 0 Å². The Morgan fingerprint density at radius 3 is 1.69 bits per heavy atom. The molecule has 0 fully saturated rings. The van der Waals surface area contributed by atoms with Gasteiger partial charge in [0, 0.05) is 38.2 Å². The SMILES string of the molecule is c1ccc(-c2ccc3c(c2)c2cc4ccccc4cc2n3-c2cccc3c2oc2cccc(-c4nc(-c5ccccc5)nc(-c5ccccc5)n4)c23)cc1. The van der Waals surface area contributed by atoms with E-state index in [1.54, 1.807) is 0 Å². The third-order valence-electron chi connectivity index (χ3n) is 10.4. The van der Waals surface area contributed by atoms with Crippen LogP contribution in [0, 0.1) is 0 Å². The average Bonchev–Trinajstić information content (AvgIpc) is 3.79. The molecular formula is C49H30N4O. The second-order valence-corrected chi connectivity index (χ2v) is 13.6. The van der Waals surface area contributed by atoms with Gasteiger partial charge in [-0.05, 0) is 58.3 Å². The first kappa shape index (κ1) is 30.3. The fourth-order valence-corrected chi connectivity index (χ4v) is 7.90. The highest BCUT2D eigenvalue weighted by atomic mass is 16.3. The summed E-state index contributed by atoms with van der Waals surface area (Å²) in [6.07, 6.45) is 0. The first-order valence-corrected chi connectivity index (χ1v) is 18.1. The molecule has 0 bridgehead atoms. The van der Waals surface area contributed by atoms with Crippen molar-refractivity contribution in [1.82, 2.24) is 19.5 Å². The van der Waals surface area contributed by atoms with Gasteiger partial charge in [0.2, 0.25) is 0 Å². The minimum absolute atomic E-state index is 0.596. The van der Waals surface area contributed by atoms with E-state index >= 15 is 0 Å². The molecule has 0 aliphatic carbocycles. The lowest BCUT2D eigenvalue weighted by molar-refractivity contribution is 0.666. The van der Waals surface area contributed by atoms with Crippen LogP contribution < -0.4 is 0 Å². The van der Waals surface area contributed by atoms with Crippen LogP contribution in [0.2, 0.25) is 0 Å². The largest absolute Gasteiger partial charge is 0.454 e. The average molecular weight is 691 g/mol. The number of nitrogens with zero attached hydrogens (tertiary/aromatic N) is 4. The van der Waals surface area contributed by atoms with E-state index in [4.69, 9.17) is 19.4 Å². The van der Waals surface area contributed by atoms with Crippen LogP contribution >= 0.6 is 0 Å². The van der Waals surface area contributed by atoms with Gasteiger partial charge in [-0.2, -0.15) is 0 Å². The van der Waals surface area contributed by atoms with Gasteiger partial charge in [0.1, 0.15) is 5.58 Å². The molecule has 0 radical (unpaired) electrons. The van der Waals surface area contributed by atoms with Crippen LogP contribution in [0.1, 0.15) is 0 Å². The third-order valence-corrected chi connectivity index (χ3v) is 10.4. The molecule has 0 spiro atoms. The Kier molecular flexibility index (Phi) is 6.79. The van der Waals surface area contributed by atoms with E-state index in [0.29, 0.717) is 17.5 Å². The highest BCUT2D eigenvalue weighted by Gasteiger charge is 2.22. The first-order valence-electron chi connectivity index (χ1n) is 18.1. The van der Waals surface area contributed by atoms with Crippen LogP contribution in [0.4, 0.5) is 0 Å². The van der Waals surface area contributed by atoms with Crippen LogP contribution in [0.25, 0.3) is 105 Å². The lowest BCUT2D eigenvalue weighted by Crippen LogP contribution is -2.00. The van der Waals surface area contributed by atoms with Crippen molar-refractivity contribution in [3.8, 4) is 51.0 Å². The Morgan fingerprint density at radius 1 is 0.389 bits per heavy atom. The van der Waals surface area contributed by atoms with Gasteiger partial charge in [0.25, 0.3) is 0 Å². The fraction of sp³-hybridized carbons (Fsp3) is 0. The molecule has 0 aliphatic rings. The molecule has 5 nitrogen and oxygen atoms in total. The van der Waals surface area contributed by atoms with E-state index < -0.39 is 0 Å². The van der Waals surface area contributed by atoms with Crippen molar-refractivity contribution in [3.05, 3.63) is 182 Å². The summed E-state index contributed by atoms with van der Waals surface area (Å²) in [7, 11) is 0. The molecule has 0 aliphatic heterocycles. The van der Waals surface area contributed by atoms with Crippen molar-refractivity contribution in [2.75, 3.05) is 0 Å². The quantitative estimate of drug-likeness (QED) is 0.180. The molecule has 0 unspecified atom stereocenters. The number of benzene rings is 8. The van der Waals surface area contributed by atoms with Crippen LogP contribution in [-0.2, 0) is 0 Å². The van der Waals surface area contributed by atoms with Gasteiger partial charge in [0.05, 0.1) is 16.7 Å². The monoisotopic (exact) mass is 690 g/mol. The van der Waals surface area contributed by atoms with E-state index in [9.17, 15) is 0 Å². The van der Waals surface area contributed by atoms with Gasteiger partial charge in [-0.15, -0.1) is 0 Å². The van der Waals surface area contributed by atoms with Gasteiger partial charge < -0.3 is 8.98 Å². The Balaban J connectivity index is 1.17. The highest BCUT2D eigenvalue weighted by molar-refractivity contribution is 6.17. The molecule has 8 aromatic carbocycles. The van der Waals surface area contributed by atoms with Crippen LogP contribution in [0.15, 0.2) is 186 Å². The van der Waals surface area contributed by atoms with Gasteiger partial charge in [0.15, 0.2) is 23.1 Å². The van der Waals surface area contributed by atoms with Crippen molar-refractivity contribution in [3.63, 3.8) is 0 Å². The van der Waals surface area contributed by atoms with Crippen LogP contribution in [-0.4, -0.2) is 19.5 Å². The van der Waals surface area contributed by atoms with Gasteiger partial charge >= 0.3 is 0 Å². The zero-order chi connectivity index (χ0) is 35.6. The summed E-state index contributed by atoms with van der Waals surface area (Å²) in [6.45, 7) is 0. The van der Waals surface area contributed by atoms with Crippen molar-refractivity contribution in [1.29, 1.82) is 0 Å². The van der Waals surface area contributed by atoms with E-state index in [1.165, 1.54) is 32.7 Å². The second-order valence-electron chi connectivity index (χ2n) is 13.6. The molecule has 0 amide bonds. The van der Waals surface area contributed by atoms with Crippen molar-refractivity contribution in [2.45, 2.75) is 0 Å². The summed E-state index contributed by atoms with van der Waals surface area (Å²) in [6, 6.07) is 63.3. The minimum atomic E-state index is 0.596. The fourth-order valence-electron chi connectivity index (χ4n) is 7.90. The normalized spacial score (nSPS) is 11.7. The molecule has 5 heteroatoms. The Hall–Kier alpha value is -7.37. The lowest BCUT2D eigenvalue weighted by Gasteiger charge is -2.10. The van der Waals surface area contributed by atoms with E-state index in [2.05, 4.69) is 114 Å². The van der Waals surface area contributed by atoms with Crippen LogP contribution in [0.5, 0.6) is 0 Å². The molecule has 11 rings (SSSR count). The maximum Gasteiger partial charge on any atom is 0.164 e. The molecule has 11 aromatic rings. The molecule has 3 heterocycles. The zero-order valence-corrected chi connectivity index (χ0v) is 29.0. The first-order chi connectivity index (χ1) is 26.8. The van der Waals surface area contributed by atoms with Crippen molar-refractivity contribution < 1.29 is 4.42 Å². The van der Waals surface area contributed by atoms with Gasteiger partial charge in [-0.25, -0.2) is 15.0 Å². The lowest BCUT2D eigenvalue weighted by atomic mass is 10.0. The van der Waals surface area contributed by atoms with E-state index in [1.807, 2.05) is 72.8 Å². The summed E-state index contributed by atoms with van der Waals surface area (Å²) >= 11 is 0. The number of furan rings is 1. The van der Waals surface area contributed by atoms with E-state index in [0.717, 1.165) is 55.3 Å². The molecule has 252 valence electrons. The summed E-state index contributed by atoms with van der Waals surface area (Å²) in [5.74, 6) is 1.84. The number of hydrogen-bond acceptors (Lipinski definition) is 4.